The van der Waals surface area contributed by atoms with Gasteiger partial charge in [-0.15, -0.1) is 10.2 Å². The van der Waals surface area contributed by atoms with Gasteiger partial charge in [-0.3, -0.25) is 9.59 Å². The molecule has 2 aromatic rings. The van der Waals surface area contributed by atoms with Crippen LogP contribution in [0.3, 0.4) is 0 Å². The molecule has 0 atom stereocenters. The van der Waals surface area contributed by atoms with Crippen LogP contribution in [0.2, 0.25) is 5.02 Å². The van der Waals surface area contributed by atoms with E-state index in [-0.39, 0.29) is 34.6 Å². The Bertz CT molecular complexity index is 1020. The zero-order chi connectivity index (χ0) is 20.3. The summed E-state index contributed by atoms with van der Waals surface area (Å²) in [6.45, 7) is 1.76. The van der Waals surface area contributed by atoms with Crippen LogP contribution in [-0.4, -0.2) is 48.5 Å². The van der Waals surface area contributed by atoms with Crippen molar-refractivity contribution < 1.29 is 22.7 Å². The summed E-state index contributed by atoms with van der Waals surface area (Å²) in [6, 6.07) is 2.57. The maximum Gasteiger partial charge on any atom is 0.262 e. The number of halogens is 1. The molecule has 0 bridgehead atoms. The van der Waals surface area contributed by atoms with Crippen molar-refractivity contribution in [2.45, 2.75) is 22.6 Å². The van der Waals surface area contributed by atoms with Crippen LogP contribution >= 0.6 is 34.7 Å². The highest BCUT2D eigenvalue weighted by Crippen LogP contribution is 2.36. The van der Waals surface area contributed by atoms with Crippen molar-refractivity contribution >= 4 is 67.2 Å². The molecule has 0 radical (unpaired) electrons. The second-order valence-electron chi connectivity index (χ2n) is 5.54. The minimum atomic E-state index is -3.85. The number of benzene rings is 1. The molecule has 2 amide bonds. The summed E-state index contributed by atoms with van der Waals surface area (Å²) >= 11 is 8.78. The summed E-state index contributed by atoms with van der Waals surface area (Å²) < 4.78 is 31.2. The highest BCUT2D eigenvalue weighted by Gasteiger charge is 2.25. The lowest BCUT2D eigenvalue weighted by Gasteiger charge is -2.19. The fourth-order valence-corrected chi connectivity index (χ4v) is 5.78. The summed E-state index contributed by atoms with van der Waals surface area (Å²) in [4.78, 5) is 23.2. The highest BCUT2D eigenvalue weighted by molar-refractivity contribution is 8.01. The minimum Gasteiger partial charge on any atom is -0.482 e. The first kappa shape index (κ1) is 20.8. The van der Waals surface area contributed by atoms with Crippen molar-refractivity contribution in [3.05, 3.63) is 17.2 Å². The Balaban J connectivity index is 1.66. The van der Waals surface area contributed by atoms with Gasteiger partial charge in [0.1, 0.15) is 5.75 Å². The molecule has 2 heterocycles. The van der Waals surface area contributed by atoms with Crippen molar-refractivity contribution in [3.8, 4) is 5.75 Å². The second kappa shape index (κ2) is 8.64. The van der Waals surface area contributed by atoms with Gasteiger partial charge in [-0.05, 0) is 11.8 Å². The zero-order valence-corrected chi connectivity index (χ0v) is 17.7. The third-order valence-electron chi connectivity index (χ3n) is 3.52. The van der Waals surface area contributed by atoms with Gasteiger partial charge in [0.05, 0.1) is 21.4 Å². The van der Waals surface area contributed by atoms with Crippen molar-refractivity contribution in [2.75, 3.05) is 28.7 Å². The van der Waals surface area contributed by atoms with Crippen molar-refractivity contribution in [1.82, 2.24) is 10.2 Å². The summed E-state index contributed by atoms with van der Waals surface area (Å²) in [6.07, 6.45) is -0.275. The van der Waals surface area contributed by atoms with Crippen LogP contribution in [0.5, 0.6) is 5.75 Å². The number of ether oxygens (including phenoxy) is 1. The third-order valence-corrected chi connectivity index (χ3v) is 7.55. The van der Waals surface area contributed by atoms with Crippen LogP contribution in [0.4, 0.5) is 10.8 Å². The number of amides is 2. The topological polar surface area (TPSA) is 127 Å². The molecule has 1 aliphatic rings. The molecule has 2 N–H and O–H groups in total. The van der Waals surface area contributed by atoms with Gasteiger partial charge in [0, 0.05) is 12.5 Å². The third kappa shape index (κ3) is 4.93. The Labute approximate surface area is 174 Å². The van der Waals surface area contributed by atoms with Gasteiger partial charge < -0.3 is 15.4 Å². The molecule has 1 aromatic carbocycles. The van der Waals surface area contributed by atoms with Crippen LogP contribution in [0.15, 0.2) is 21.4 Å². The number of hydrogen-bond acceptors (Lipinski definition) is 9. The predicted molar refractivity (Wildman–Crippen MR) is 107 cm³/mol. The largest absolute Gasteiger partial charge is 0.482 e. The Morgan fingerprint density at radius 2 is 2.21 bits per heavy atom. The summed E-state index contributed by atoms with van der Waals surface area (Å²) in [7, 11) is -3.85. The first-order valence-electron chi connectivity index (χ1n) is 8.03. The van der Waals surface area contributed by atoms with Crippen LogP contribution in [0.1, 0.15) is 13.3 Å². The van der Waals surface area contributed by atoms with E-state index in [1.165, 1.54) is 35.2 Å². The first-order valence-corrected chi connectivity index (χ1v) is 11.9. The molecule has 1 aliphatic heterocycles. The molecular weight excluding hydrogens is 448 g/mol. The number of rotatable bonds is 7. The quantitative estimate of drug-likeness (QED) is 0.474. The molecule has 0 spiro atoms. The summed E-state index contributed by atoms with van der Waals surface area (Å²) in [5.41, 5.74) is 0.301. The van der Waals surface area contributed by atoms with Gasteiger partial charge in [-0.2, -0.15) is 0 Å². The Hall–Kier alpha value is -1.89. The van der Waals surface area contributed by atoms with Crippen LogP contribution in [0.25, 0.3) is 0 Å². The number of sulfone groups is 1. The number of thioether (sulfide) groups is 1. The number of nitrogens with one attached hydrogen (secondary N) is 2. The lowest BCUT2D eigenvalue weighted by atomic mass is 10.2. The van der Waals surface area contributed by atoms with Gasteiger partial charge in [0.2, 0.25) is 11.0 Å². The molecule has 0 fully saturated rings. The SMILES string of the molecule is CCSc1nnc(NC(=O)CCS(=O)(=O)c2cc3c(cc2Cl)NC(=O)CO3)s1. The van der Waals surface area contributed by atoms with Gasteiger partial charge in [0.15, 0.2) is 20.8 Å². The number of fused-ring (bicyclic) bond motifs is 1. The van der Waals surface area contributed by atoms with E-state index >= 15 is 0 Å². The van der Waals surface area contributed by atoms with Gasteiger partial charge in [-0.1, -0.05) is 41.6 Å². The fourth-order valence-electron chi connectivity index (χ4n) is 2.28. The zero-order valence-electron chi connectivity index (χ0n) is 14.5. The maximum atomic E-state index is 12.6. The molecular formula is C15H15ClN4O5S3. The fraction of sp³-hybridized carbons (Fsp3) is 0.333. The van der Waals surface area contributed by atoms with E-state index in [0.29, 0.717) is 10.8 Å². The Morgan fingerprint density at radius 3 is 2.96 bits per heavy atom. The van der Waals surface area contributed by atoms with Crippen LogP contribution < -0.4 is 15.4 Å². The summed E-state index contributed by atoms with van der Waals surface area (Å²) in [5, 5.41) is 13.1. The number of carbonyl (C=O) groups excluding carboxylic acids is 2. The predicted octanol–water partition coefficient (Wildman–Crippen LogP) is 2.44. The lowest BCUT2D eigenvalue weighted by Crippen LogP contribution is -2.25. The van der Waals surface area contributed by atoms with E-state index < -0.39 is 21.5 Å². The van der Waals surface area contributed by atoms with E-state index in [0.717, 1.165) is 10.1 Å². The number of nitrogens with zero attached hydrogens (tertiary/aromatic N) is 2. The molecule has 150 valence electrons. The highest BCUT2D eigenvalue weighted by atomic mass is 35.5. The summed E-state index contributed by atoms with van der Waals surface area (Å²) in [5.74, 6) is -0.255. The van der Waals surface area contributed by atoms with Crippen LogP contribution in [0, 0.1) is 0 Å². The number of hydrogen-bond donors (Lipinski definition) is 2. The smallest absolute Gasteiger partial charge is 0.262 e. The van der Waals surface area contributed by atoms with E-state index in [9.17, 15) is 18.0 Å². The molecule has 28 heavy (non-hydrogen) atoms. The molecule has 0 aliphatic carbocycles. The van der Waals surface area contributed by atoms with Crippen molar-refractivity contribution in [1.29, 1.82) is 0 Å². The van der Waals surface area contributed by atoms with Gasteiger partial charge in [0.25, 0.3) is 5.91 Å². The number of aromatic nitrogens is 2. The maximum absolute atomic E-state index is 12.6. The Kier molecular flexibility index (Phi) is 6.43. The molecule has 13 heteroatoms. The average molecular weight is 463 g/mol. The molecule has 1 aromatic heterocycles. The molecule has 0 saturated heterocycles. The second-order valence-corrected chi connectivity index (χ2v) is 10.5. The first-order chi connectivity index (χ1) is 13.3. The lowest BCUT2D eigenvalue weighted by molar-refractivity contribution is -0.118. The monoisotopic (exact) mass is 462 g/mol. The van der Waals surface area contributed by atoms with E-state index in [2.05, 4.69) is 20.8 Å². The van der Waals surface area contributed by atoms with Crippen molar-refractivity contribution in [3.63, 3.8) is 0 Å². The van der Waals surface area contributed by atoms with E-state index in [1.54, 1.807) is 0 Å². The van der Waals surface area contributed by atoms with E-state index in [1.807, 2.05) is 6.92 Å². The Morgan fingerprint density at radius 1 is 1.43 bits per heavy atom. The number of anilines is 2. The average Bonchev–Trinajstić information content (AvgIpc) is 3.06. The minimum absolute atomic E-state index is 0.0599. The molecule has 0 saturated carbocycles. The molecule has 9 nitrogen and oxygen atoms in total. The van der Waals surface area contributed by atoms with E-state index in [4.69, 9.17) is 16.3 Å². The van der Waals surface area contributed by atoms with Crippen LogP contribution in [-0.2, 0) is 19.4 Å². The van der Waals surface area contributed by atoms with Gasteiger partial charge in [-0.25, -0.2) is 8.42 Å². The standard InChI is InChI=1S/C15H15ClN4O5S3/c1-2-26-15-20-19-14(27-15)18-12(21)3-4-28(23,24)11-6-10-9(5-8(11)16)17-13(22)7-25-10/h5-6H,2-4,7H2,1H3,(H,17,22)(H,18,19,21). The number of carbonyl (C=O) groups is 2. The van der Waals surface area contributed by atoms with Gasteiger partial charge >= 0.3 is 0 Å². The molecule has 3 rings (SSSR count). The molecule has 0 unspecified atom stereocenters. The van der Waals surface area contributed by atoms with Crippen molar-refractivity contribution in [2.24, 2.45) is 0 Å². The normalized spacial score (nSPS) is 13.4.